The summed E-state index contributed by atoms with van der Waals surface area (Å²) in [6.07, 6.45) is 1.19. The number of pyridine rings is 1. The van der Waals surface area contributed by atoms with Crippen LogP contribution >= 0.6 is 15.9 Å². The number of aromatic nitrogens is 1. The third-order valence-electron chi connectivity index (χ3n) is 4.64. The molecule has 0 radical (unpaired) electrons. The van der Waals surface area contributed by atoms with Crippen molar-refractivity contribution in [3.05, 3.63) is 22.3 Å². The van der Waals surface area contributed by atoms with Crippen LogP contribution in [0.15, 0.2) is 16.7 Å². The van der Waals surface area contributed by atoms with Crippen molar-refractivity contribution >= 4 is 27.7 Å². The van der Waals surface area contributed by atoms with Gasteiger partial charge in [-0.2, -0.15) is 0 Å². The molecule has 27 heavy (non-hydrogen) atoms. The molecule has 2 rings (SSSR count). The van der Waals surface area contributed by atoms with Crippen LogP contribution < -0.4 is 4.74 Å². The number of halogens is 1. The van der Waals surface area contributed by atoms with Crippen molar-refractivity contribution in [1.82, 2.24) is 14.8 Å². The Morgan fingerprint density at radius 2 is 2.30 bits per heavy atom. The lowest BCUT2D eigenvalue weighted by Crippen LogP contribution is -2.50. The molecule has 9 heteroatoms. The minimum absolute atomic E-state index is 0.00839. The number of likely N-dealkylation sites (N-methyl/N-ethyl adjacent to an activating group) is 1. The number of carbonyl (C=O) groups excluding carboxylic acids is 2. The van der Waals surface area contributed by atoms with Crippen LogP contribution in [0, 0.1) is 5.92 Å². The number of amides is 2. The third-order valence-corrected chi connectivity index (χ3v) is 5.07. The second-order valence-electron chi connectivity index (χ2n) is 6.84. The van der Waals surface area contributed by atoms with Gasteiger partial charge in [-0.3, -0.25) is 9.59 Å². The molecule has 0 saturated heterocycles. The Labute approximate surface area is 167 Å². The van der Waals surface area contributed by atoms with E-state index in [1.54, 1.807) is 36.0 Å². The molecule has 2 heterocycles. The van der Waals surface area contributed by atoms with E-state index in [-0.39, 0.29) is 49.0 Å². The van der Waals surface area contributed by atoms with Crippen molar-refractivity contribution in [3.8, 4) is 5.88 Å². The van der Waals surface area contributed by atoms with Crippen molar-refractivity contribution in [3.63, 3.8) is 0 Å². The number of ether oxygens (including phenoxy) is 2. The highest BCUT2D eigenvalue weighted by Crippen LogP contribution is 2.28. The zero-order valence-electron chi connectivity index (χ0n) is 16.0. The fourth-order valence-corrected chi connectivity index (χ4v) is 3.23. The molecule has 0 aromatic carbocycles. The van der Waals surface area contributed by atoms with Crippen LogP contribution in [-0.4, -0.2) is 84.3 Å². The molecule has 3 atom stereocenters. The third kappa shape index (κ3) is 5.18. The van der Waals surface area contributed by atoms with Gasteiger partial charge in [0.25, 0.3) is 5.91 Å². The first-order chi connectivity index (χ1) is 12.8. The average molecular weight is 444 g/mol. The van der Waals surface area contributed by atoms with Gasteiger partial charge in [-0.1, -0.05) is 6.92 Å². The molecule has 1 aliphatic heterocycles. The van der Waals surface area contributed by atoms with Gasteiger partial charge in [0.1, 0.15) is 18.3 Å². The van der Waals surface area contributed by atoms with E-state index in [1.165, 1.54) is 7.11 Å². The number of methoxy groups -OCH3 is 1. The van der Waals surface area contributed by atoms with E-state index in [0.29, 0.717) is 23.1 Å². The molecule has 0 aliphatic carbocycles. The van der Waals surface area contributed by atoms with E-state index in [2.05, 4.69) is 20.9 Å². The van der Waals surface area contributed by atoms with Gasteiger partial charge in [-0.05, 0) is 28.9 Å². The maximum absolute atomic E-state index is 13.0. The molecule has 0 unspecified atom stereocenters. The molecule has 2 amide bonds. The Morgan fingerprint density at radius 1 is 1.59 bits per heavy atom. The second kappa shape index (κ2) is 9.48. The summed E-state index contributed by atoms with van der Waals surface area (Å²) in [7, 11) is 3.16. The predicted molar refractivity (Wildman–Crippen MR) is 103 cm³/mol. The molecule has 1 aliphatic rings. The van der Waals surface area contributed by atoms with Gasteiger partial charge >= 0.3 is 0 Å². The van der Waals surface area contributed by atoms with E-state index < -0.39 is 0 Å². The highest BCUT2D eigenvalue weighted by molar-refractivity contribution is 9.10. The SMILES string of the molecule is COCC(=O)N(C)C[C@H]1Oc2ncc(Br)cc2C(=O)N([C@H](C)CO)C[C@@H]1C. The Balaban J connectivity index is 2.36. The van der Waals surface area contributed by atoms with Crippen molar-refractivity contribution < 1.29 is 24.2 Å². The molecule has 8 nitrogen and oxygen atoms in total. The van der Waals surface area contributed by atoms with Crippen molar-refractivity contribution in [1.29, 1.82) is 0 Å². The molecule has 1 aromatic heterocycles. The molecule has 150 valence electrons. The van der Waals surface area contributed by atoms with E-state index in [4.69, 9.17) is 9.47 Å². The summed E-state index contributed by atoms with van der Waals surface area (Å²) in [4.78, 5) is 32.5. The van der Waals surface area contributed by atoms with Gasteiger partial charge in [0.05, 0.1) is 19.2 Å². The zero-order valence-corrected chi connectivity index (χ0v) is 17.6. The quantitative estimate of drug-likeness (QED) is 0.709. The summed E-state index contributed by atoms with van der Waals surface area (Å²) in [5.41, 5.74) is 0.326. The molecule has 1 aromatic rings. The Kier molecular flexibility index (Phi) is 7.58. The van der Waals surface area contributed by atoms with Crippen LogP contribution in [0.3, 0.4) is 0 Å². The van der Waals surface area contributed by atoms with E-state index in [0.717, 1.165) is 0 Å². The lowest BCUT2D eigenvalue weighted by Gasteiger charge is -2.37. The number of hydrogen-bond donors (Lipinski definition) is 1. The first-order valence-corrected chi connectivity index (χ1v) is 9.54. The van der Waals surface area contributed by atoms with Crippen LogP contribution in [0.2, 0.25) is 0 Å². The molecule has 0 spiro atoms. The predicted octanol–water partition coefficient (Wildman–Crippen LogP) is 1.17. The van der Waals surface area contributed by atoms with Gasteiger partial charge in [0, 0.05) is 37.3 Å². The number of fused-ring (bicyclic) bond motifs is 1. The molecule has 1 N–H and O–H groups in total. The molecular weight excluding hydrogens is 418 g/mol. The van der Waals surface area contributed by atoms with Gasteiger partial charge in [-0.25, -0.2) is 4.98 Å². The fourth-order valence-electron chi connectivity index (χ4n) is 2.90. The minimum Gasteiger partial charge on any atom is -0.472 e. The first kappa shape index (κ1) is 21.6. The summed E-state index contributed by atoms with van der Waals surface area (Å²) < 4.78 is 11.6. The fraction of sp³-hybridized carbons (Fsp3) is 0.611. The zero-order chi connectivity index (χ0) is 20.1. The highest BCUT2D eigenvalue weighted by atomic mass is 79.9. The Hall–Kier alpha value is -1.71. The molecule has 0 bridgehead atoms. The van der Waals surface area contributed by atoms with Crippen molar-refractivity contribution in [2.75, 3.05) is 40.5 Å². The van der Waals surface area contributed by atoms with Crippen LogP contribution in [0.25, 0.3) is 0 Å². The maximum Gasteiger partial charge on any atom is 0.259 e. The van der Waals surface area contributed by atoms with Crippen molar-refractivity contribution in [2.24, 2.45) is 5.92 Å². The van der Waals surface area contributed by atoms with E-state index in [9.17, 15) is 14.7 Å². The largest absolute Gasteiger partial charge is 0.472 e. The second-order valence-corrected chi connectivity index (χ2v) is 7.75. The van der Waals surface area contributed by atoms with E-state index in [1.807, 2.05) is 6.92 Å². The monoisotopic (exact) mass is 443 g/mol. The number of hydrogen-bond acceptors (Lipinski definition) is 6. The number of aliphatic hydroxyl groups excluding tert-OH is 1. The standard InChI is InChI=1S/C18H26BrN3O5/c1-11-7-22(12(2)9-23)18(25)14-5-13(19)6-20-17(14)27-15(11)8-21(3)16(24)10-26-4/h5-6,11-12,15,23H,7-10H2,1-4H3/t11-,12+,15+/m0/s1. The van der Waals surface area contributed by atoms with Gasteiger partial charge in [0.2, 0.25) is 11.8 Å². The summed E-state index contributed by atoms with van der Waals surface area (Å²) in [5, 5.41) is 9.58. The van der Waals surface area contributed by atoms with Gasteiger partial charge in [0.15, 0.2) is 0 Å². The van der Waals surface area contributed by atoms with Crippen LogP contribution in [0.4, 0.5) is 0 Å². The van der Waals surface area contributed by atoms with Gasteiger partial charge < -0.3 is 24.4 Å². The lowest BCUT2D eigenvalue weighted by molar-refractivity contribution is -0.135. The topological polar surface area (TPSA) is 92.2 Å². The van der Waals surface area contributed by atoms with Gasteiger partial charge in [-0.15, -0.1) is 0 Å². The number of carbonyl (C=O) groups is 2. The van der Waals surface area contributed by atoms with Crippen LogP contribution in [-0.2, 0) is 9.53 Å². The molecule has 0 saturated carbocycles. The first-order valence-electron chi connectivity index (χ1n) is 8.75. The lowest BCUT2D eigenvalue weighted by atomic mass is 10.00. The smallest absolute Gasteiger partial charge is 0.259 e. The number of rotatable bonds is 6. The summed E-state index contributed by atoms with van der Waals surface area (Å²) in [6.45, 7) is 4.31. The Bertz CT molecular complexity index is 687. The summed E-state index contributed by atoms with van der Waals surface area (Å²) in [6, 6.07) is 1.31. The molecular formula is C18H26BrN3O5. The van der Waals surface area contributed by atoms with Crippen LogP contribution in [0.1, 0.15) is 24.2 Å². The molecule has 0 fully saturated rings. The average Bonchev–Trinajstić information content (AvgIpc) is 2.64. The Morgan fingerprint density at radius 3 is 2.93 bits per heavy atom. The number of nitrogens with zero attached hydrogens (tertiary/aromatic N) is 3. The summed E-state index contributed by atoms with van der Waals surface area (Å²) >= 11 is 3.34. The van der Waals surface area contributed by atoms with E-state index >= 15 is 0 Å². The number of aliphatic hydroxyl groups is 1. The maximum atomic E-state index is 13.0. The summed E-state index contributed by atoms with van der Waals surface area (Å²) in [5.74, 6) is -0.257. The normalized spacial score (nSPS) is 21.0. The highest BCUT2D eigenvalue weighted by Gasteiger charge is 2.34. The van der Waals surface area contributed by atoms with Crippen molar-refractivity contribution in [2.45, 2.75) is 26.0 Å². The van der Waals surface area contributed by atoms with Crippen LogP contribution in [0.5, 0.6) is 5.88 Å². The minimum atomic E-state index is -0.371.